The van der Waals surface area contributed by atoms with Crippen molar-refractivity contribution in [3.8, 4) is 5.75 Å². The molecule has 2 rings (SSSR count). The van der Waals surface area contributed by atoms with Crippen LogP contribution in [0.4, 0.5) is 5.69 Å². The molecule has 0 unspecified atom stereocenters. The zero-order chi connectivity index (χ0) is 14.9. The largest absolute Gasteiger partial charge is 0.494 e. The van der Waals surface area contributed by atoms with E-state index in [1.165, 1.54) is 0 Å². The lowest BCUT2D eigenvalue weighted by atomic mass is 10.2. The second-order valence-corrected chi connectivity index (χ2v) is 4.60. The summed E-state index contributed by atoms with van der Waals surface area (Å²) in [6.45, 7) is 2.62. The van der Waals surface area contributed by atoms with Gasteiger partial charge in [0.1, 0.15) is 5.75 Å². The van der Waals surface area contributed by atoms with E-state index in [0.29, 0.717) is 11.7 Å². The molecule has 0 aromatic heterocycles. The highest BCUT2D eigenvalue weighted by atomic mass is 32.1. The molecule has 0 saturated heterocycles. The number of hydrogen-bond acceptors (Lipinski definition) is 3. The maximum atomic E-state index is 5.38. The lowest BCUT2D eigenvalue weighted by Crippen LogP contribution is -2.23. The topological polar surface area (TPSA) is 45.6 Å². The van der Waals surface area contributed by atoms with Crippen LogP contribution in [0, 0.1) is 0 Å². The first-order chi connectivity index (χ1) is 10.3. The molecule has 2 aromatic rings. The Bertz CT molecular complexity index is 597. The fourth-order valence-corrected chi connectivity index (χ4v) is 1.83. The van der Waals surface area contributed by atoms with E-state index in [9.17, 15) is 0 Å². The van der Waals surface area contributed by atoms with Gasteiger partial charge >= 0.3 is 0 Å². The summed E-state index contributed by atoms with van der Waals surface area (Å²) in [7, 11) is 0. The fraction of sp³-hybridized carbons (Fsp3) is 0.125. The van der Waals surface area contributed by atoms with Crippen LogP contribution in [0.3, 0.4) is 0 Å². The molecule has 2 N–H and O–H groups in total. The molecular weight excluding hydrogens is 282 g/mol. The number of para-hydroxylation sites is 1. The number of anilines is 1. The maximum Gasteiger partial charge on any atom is 0.191 e. The zero-order valence-electron chi connectivity index (χ0n) is 11.7. The molecule has 5 heteroatoms. The monoisotopic (exact) mass is 299 g/mol. The summed E-state index contributed by atoms with van der Waals surface area (Å²) < 4.78 is 5.38. The average Bonchev–Trinajstić information content (AvgIpc) is 2.50. The standard InChI is InChI=1S/C16H17N3OS/c1-2-20-15-10-8-13(9-11-15)12-17-19-16(21)18-14-6-4-3-5-7-14/h3-12H,2H2,1H3,(H2,18,19,21). The van der Waals surface area contributed by atoms with E-state index in [-0.39, 0.29) is 0 Å². The Hall–Kier alpha value is -2.40. The van der Waals surface area contributed by atoms with Gasteiger partial charge in [0.15, 0.2) is 5.11 Å². The third kappa shape index (κ3) is 5.24. The zero-order valence-corrected chi connectivity index (χ0v) is 12.6. The van der Waals surface area contributed by atoms with Crippen LogP contribution in [-0.2, 0) is 0 Å². The molecule has 0 fully saturated rings. The van der Waals surface area contributed by atoms with Gasteiger partial charge in [-0.1, -0.05) is 18.2 Å². The van der Waals surface area contributed by atoms with Gasteiger partial charge in [-0.25, -0.2) is 0 Å². The Morgan fingerprint density at radius 1 is 1.14 bits per heavy atom. The van der Waals surface area contributed by atoms with Gasteiger partial charge in [-0.15, -0.1) is 0 Å². The van der Waals surface area contributed by atoms with Crippen LogP contribution in [-0.4, -0.2) is 17.9 Å². The van der Waals surface area contributed by atoms with Crippen molar-refractivity contribution >= 4 is 29.2 Å². The van der Waals surface area contributed by atoms with Crippen LogP contribution in [0.5, 0.6) is 5.75 Å². The van der Waals surface area contributed by atoms with E-state index >= 15 is 0 Å². The molecular formula is C16H17N3OS. The van der Waals surface area contributed by atoms with E-state index in [4.69, 9.17) is 17.0 Å². The molecule has 0 spiro atoms. The van der Waals surface area contributed by atoms with E-state index < -0.39 is 0 Å². The van der Waals surface area contributed by atoms with Crippen LogP contribution < -0.4 is 15.5 Å². The van der Waals surface area contributed by atoms with Crippen LogP contribution in [0.2, 0.25) is 0 Å². The molecule has 21 heavy (non-hydrogen) atoms. The summed E-state index contributed by atoms with van der Waals surface area (Å²) in [6, 6.07) is 17.4. The highest BCUT2D eigenvalue weighted by Gasteiger charge is 1.95. The number of thiocarbonyl (C=S) groups is 1. The molecule has 2 aromatic carbocycles. The first-order valence-corrected chi connectivity index (χ1v) is 7.06. The van der Waals surface area contributed by atoms with Crippen LogP contribution >= 0.6 is 12.2 Å². The summed E-state index contributed by atoms with van der Waals surface area (Å²) in [5, 5.41) is 7.58. The number of hydrogen-bond donors (Lipinski definition) is 2. The molecule has 0 amide bonds. The van der Waals surface area contributed by atoms with E-state index in [0.717, 1.165) is 17.0 Å². The summed E-state index contributed by atoms with van der Waals surface area (Å²) >= 11 is 5.15. The van der Waals surface area contributed by atoms with E-state index in [1.54, 1.807) is 6.21 Å². The Labute approximate surface area is 129 Å². The Balaban J connectivity index is 1.83. The van der Waals surface area contributed by atoms with Crippen molar-refractivity contribution in [2.75, 3.05) is 11.9 Å². The number of nitrogens with zero attached hydrogens (tertiary/aromatic N) is 1. The summed E-state index contributed by atoms with van der Waals surface area (Å²) in [6.07, 6.45) is 1.70. The molecule has 0 atom stereocenters. The summed E-state index contributed by atoms with van der Waals surface area (Å²) in [5.41, 5.74) is 4.67. The normalized spacial score (nSPS) is 10.3. The lowest BCUT2D eigenvalue weighted by Gasteiger charge is -2.06. The SMILES string of the molecule is CCOc1ccc(C=NNC(=S)Nc2ccccc2)cc1. The van der Waals surface area contributed by atoms with Crippen molar-refractivity contribution < 1.29 is 4.74 Å². The first kappa shape index (κ1) is 15.0. The number of benzene rings is 2. The number of ether oxygens (including phenoxy) is 1. The predicted molar refractivity (Wildman–Crippen MR) is 91.0 cm³/mol. The third-order valence-electron chi connectivity index (χ3n) is 2.60. The molecule has 0 aliphatic heterocycles. The Kier molecular flexibility index (Phi) is 5.72. The number of hydrazone groups is 1. The van der Waals surface area contributed by atoms with Gasteiger partial charge in [-0.05, 0) is 61.1 Å². The highest BCUT2D eigenvalue weighted by Crippen LogP contribution is 2.10. The van der Waals surface area contributed by atoms with E-state index in [2.05, 4.69) is 15.8 Å². The van der Waals surface area contributed by atoms with Gasteiger partial charge in [0.05, 0.1) is 12.8 Å². The van der Waals surface area contributed by atoms with E-state index in [1.807, 2.05) is 61.5 Å². The van der Waals surface area contributed by atoms with Gasteiger partial charge in [-0.2, -0.15) is 5.10 Å². The molecule has 4 nitrogen and oxygen atoms in total. The van der Waals surface area contributed by atoms with Crippen LogP contribution in [0.15, 0.2) is 59.7 Å². The molecule has 108 valence electrons. The van der Waals surface area contributed by atoms with Gasteiger partial charge in [0, 0.05) is 5.69 Å². The van der Waals surface area contributed by atoms with Crippen LogP contribution in [0.25, 0.3) is 0 Å². The van der Waals surface area contributed by atoms with Crippen LogP contribution in [0.1, 0.15) is 12.5 Å². The van der Waals surface area contributed by atoms with Crippen molar-refractivity contribution in [2.45, 2.75) is 6.92 Å². The minimum atomic E-state index is 0.448. The quantitative estimate of drug-likeness (QED) is 0.504. The second kappa shape index (κ2) is 8.01. The van der Waals surface area contributed by atoms with Crippen molar-refractivity contribution in [1.29, 1.82) is 0 Å². The van der Waals surface area contributed by atoms with Crippen molar-refractivity contribution in [1.82, 2.24) is 5.43 Å². The summed E-state index contributed by atoms with van der Waals surface area (Å²) in [5.74, 6) is 0.851. The number of rotatable bonds is 5. The smallest absolute Gasteiger partial charge is 0.191 e. The van der Waals surface area contributed by atoms with Gasteiger partial charge in [0.2, 0.25) is 0 Å². The average molecular weight is 299 g/mol. The van der Waals surface area contributed by atoms with Gasteiger partial charge < -0.3 is 10.1 Å². The molecule has 0 radical (unpaired) electrons. The van der Waals surface area contributed by atoms with Crippen molar-refractivity contribution in [3.05, 3.63) is 60.2 Å². The number of nitrogens with one attached hydrogen (secondary N) is 2. The Morgan fingerprint density at radius 3 is 2.52 bits per heavy atom. The maximum absolute atomic E-state index is 5.38. The van der Waals surface area contributed by atoms with Gasteiger partial charge in [-0.3, -0.25) is 5.43 Å². The molecule has 0 heterocycles. The first-order valence-electron chi connectivity index (χ1n) is 6.66. The minimum absolute atomic E-state index is 0.448. The third-order valence-corrected chi connectivity index (χ3v) is 2.80. The highest BCUT2D eigenvalue weighted by molar-refractivity contribution is 7.80. The molecule has 0 saturated carbocycles. The second-order valence-electron chi connectivity index (χ2n) is 4.19. The summed E-state index contributed by atoms with van der Waals surface area (Å²) in [4.78, 5) is 0. The van der Waals surface area contributed by atoms with Crippen molar-refractivity contribution in [2.24, 2.45) is 5.10 Å². The van der Waals surface area contributed by atoms with Crippen molar-refractivity contribution in [3.63, 3.8) is 0 Å². The lowest BCUT2D eigenvalue weighted by molar-refractivity contribution is 0.340. The molecule has 0 aliphatic rings. The Morgan fingerprint density at radius 2 is 1.86 bits per heavy atom. The molecule has 0 aliphatic carbocycles. The minimum Gasteiger partial charge on any atom is -0.494 e. The molecule has 0 bridgehead atoms. The van der Waals surface area contributed by atoms with Gasteiger partial charge in [0.25, 0.3) is 0 Å². The predicted octanol–water partition coefficient (Wildman–Crippen LogP) is 3.41. The fourth-order valence-electron chi connectivity index (χ4n) is 1.66.